The molecule has 0 spiro atoms. The van der Waals surface area contributed by atoms with Crippen molar-refractivity contribution in [1.29, 1.82) is 0 Å². The summed E-state index contributed by atoms with van der Waals surface area (Å²) >= 11 is 5.98. The van der Waals surface area contributed by atoms with Crippen molar-refractivity contribution in [3.8, 4) is 28.7 Å². The molecule has 0 aliphatic carbocycles. The van der Waals surface area contributed by atoms with Crippen LogP contribution in [0.1, 0.15) is 29.2 Å². The van der Waals surface area contributed by atoms with Gasteiger partial charge in [0.05, 0.1) is 35.0 Å². The maximum absolute atomic E-state index is 5.98. The fourth-order valence-corrected chi connectivity index (χ4v) is 4.93. The Morgan fingerprint density at radius 3 is 2.14 bits per heavy atom. The molecule has 0 radical (unpaired) electrons. The predicted molar refractivity (Wildman–Crippen MR) is 150 cm³/mol. The molecular weight excluding hydrogens is 513 g/mol. The molecule has 0 saturated carbocycles. The average Bonchev–Trinajstić information content (AvgIpc) is 2.92. The van der Waals surface area contributed by atoms with Crippen molar-refractivity contribution >= 4 is 24.0 Å². The molecule has 4 rings (SSSR count). The molecule has 1 unspecified atom stereocenters. The van der Waals surface area contributed by atoms with Crippen molar-refractivity contribution in [2.45, 2.75) is 25.3 Å². The number of hydrogen-bond donors (Lipinski definition) is 0. The Morgan fingerprint density at radius 2 is 1.46 bits per heavy atom. The third-order valence-corrected chi connectivity index (χ3v) is 6.91. The molecule has 0 saturated heterocycles. The van der Waals surface area contributed by atoms with E-state index < -0.39 is 0 Å². The van der Waals surface area contributed by atoms with E-state index in [1.54, 1.807) is 28.4 Å². The van der Waals surface area contributed by atoms with Crippen LogP contribution in [0, 0.1) is 0 Å². The summed E-state index contributed by atoms with van der Waals surface area (Å²) in [6, 6.07) is 18.1. The summed E-state index contributed by atoms with van der Waals surface area (Å²) in [5.41, 5.74) is 3.75. The smallest absolute Gasteiger partial charge is 0.161 e. The van der Waals surface area contributed by atoms with E-state index in [0.717, 1.165) is 61.1 Å². The lowest BCUT2D eigenvalue weighted by atomic mass is 9.88. The molecule has 3 aromatic rings. The zero-order valence-electron chi connectivity index (χ0n) is 21.8. The normalized spacial score (nSPS) is 14.8. The Kier molecular flexibility index (Phi) is 10.6. The van der Waals surface area contributed by atoms with Crippen LogP contribution in [-0.4, -0.2) is 53.0 Å². The Balaban J connectivity index is 0.00000380. The first kappa shape index (κ1) is 28.8. The van der Waals surface area contributed by atoms with E-state index in [-0.39, 0.29) is 18.4 Å². The van der Waals surface area contributed by atoms with Gasteiger partial charge in [-0.05, 0) is 84.5 Å². The van der Waals surface area contributed by atoms with Crippen molar-refractivity contribution < 1.29 is 23.7 Å². The summed E-state index contributed by atoms with van der Waals surface area (Å²) in [5, 5.41) is 0.708. The lowest BCUT2D eigenvalue weighted by Crippen LogP contribution is -2.37. The van der Waals surface area contributed by atoms with Gasteiger partial charge < -0.3 is 23.7 Å². The molecule has 1 heterocycles. The molecular formula is C29H35Cl2NO5. The number of methoxy groups -OCH3 is 4. The van der Waals surface area contributed by atoms with E-state index in [4.69, 9.17) is 35.3 Å². The third kappa shape index (κ3) is 6.95. The number of fused-ring (bicyclic) bond motifs is 1. The Morgan fingerprint density at radius 1 is 0.811 bits per heavy atom. The highest BCUT2D eigenvalue weighted by Gasteiger charge is 2.29. The molecule has 0 N–H and O–H groups in total. The molecule has 1 aliphatic rings. The molecule has 6 nitrogen and oxygen atoms in total. The Bertz CT molecular complexity index is 1160. The van der Waals surface area contributed by atoms with Crippen LogP contribution >= 0.6 is 24.0 Å². The average molecular weight is 549 g/mol. The molecule has 0 fully saturated rings. The van der Waals surface area contributed by atoms with Crippen LogP contribution in [0.4, 0.5) is 0 Å². The van der Waals surface area contributed by atoms with Gasteiger partial charge in [0.2, 0.25) is 0 Å². The van der Waals surface area contributed by atoms with Crippen molar-refractivity contribution in [2.24, 2.45) is 0 Å². The summed E-state index contributed by atoms with van der Waals surface area (Å²) in [7, 11) is 6.69. The van der Waals surface area contributed by atoms with E-state index in [2.05, 4.69) is 29.2 Å². The van der Waals surface area contributed by atoms with Gasteiger partial charge in [-0.2, -0.15) is 0 Å². The van der Waals surface area contributed by atoms with Crippen LogP contribution in [0.2, 0.25) is 5.02 Å². The fourth-order valence-electron chi connectivity index (χ4n) is 4.81. The lowest BCUT2D eigenvalue weighted by Gasteiger charge is -2.38. The van der Waals surface area contributed by atoms with Crippen LogP contribution in [0.25, 0.3) is 0 Å². The SMILES string of the molecule is COc1ccc(CC2c3cc(OC)c(OC)cc3CCN2CCCOc2ccc(Cl)cc2)cc1OC.Cl. The first-order valence-corrected chi connectivity index (χ1v) is 12.5. The van der Waals surface area contributed by atoms with Crippen LogP contribution < -0.4 is 23.7 Å². The van der Waals surface area contributed by atoms with Crippen molar-refractivity contribution in [3.63, 3.8) is 0 Å². The van der Waals surface area contributed by atoms with Gasteiger partial charge in [-0.15, -0.1) is 12.4 Å². The summed E-state index contributed by atoms with van der Waals surface area (Å²) in [4.78, 5) is 2.54. The first-order chi connectivity index (χ1) is 17.6. The van der Waals surface area contributed by atoms with Gasteiger partial charge in [-0.25, -0.2) is 0 Å². The maximum atomic E-state index is 5.98. The molecule has 37 heavy (non-hydrogen) atoms. The quantitative estimate of drug-likeness (QED) is 0.258. The number of rotatable bonds is 11. The second kappa shape index (κ2) is 13.7. The van der Waals surface area contributed by atoms with Crippen LogP contribution in [0.15, 0.2) is 54.6 Å². The monoisotopic (exact) mass is 547 g/mol. The zero-order chi connectivity index (χ0) is 25.5. The minimum Gasteiger partial charge on any atom is -0.494 e. The maximum Gasteiger partial charge on any atom is 0.161 e. The standard InChI is InChI=1S/C29H34ClNO5.ClH/c1-32-26-11-6-20(17-27(26)33-2)16-25-24-19-29(35-4)28(34-3)18-21(24)12-14-31(25)13-5-15-36-23-9-7-22(30)8-10-23;/h6-11,17-19,25H,5,12-16H2,1-4H3;1H. The van der Waals surface area contributed by atoms with Crippen molar-refractivity contribution in [3.05, 3.63) is 76.3 Å². The second-order valence-electron chi connectivity index (χ2n) is 8.76. The van der Waals surface area contributed by atoms with E-state index in [0.29, 0.717) is 11.6 Å². The minimum absolute atomic E-state index is 0. The van der Waals surface area contributed by atoms with Gasteiger partial charge >= 0.3 is 0 Å². The molecule has 3 aromatic carbocycles. The minimum atomic E-state index is 0. The predicted octanol–water partition coefficient (Wildman–Crippen LogP) is 6.41. The Labute approximate surface area is 230 Å². The van der Waals surface area contributed by atoms with E-state index in [1.165, 1.54) is 16.7 Å². The van der Waals surface area contributed by atoms with E-state index >= 15 is 0 Å². The highest BCUT2D eigenvalue weighted by atomic mass is 35.5. The zero-order valence-corrected chi connectivity index (χ0v) is 23.4. The van der Waals surface area contributed by atoms with Gasteiger partial charge in [-0.1, -0.05) is 17.7 Å². The number of ether oxygens (including phenoxy) is 5. The third-order valence-electron chi connectivity index (χ3n) is 6.66. The molecule has 8 heteroatoms. The van der Waals surface area contributed by atoms with Gasteiger partial charge in [0, 0.05) is 24.2 Å². The van der Waals surface area contributed by atoms with Crippen LogP contribution in [0.5, 0.6) is 28.7 Å². The second-order valence-corrected chi connectivity index (χ2v) is 9.19. The van der Waals surface area contributed by atoms with Gasteiger partial charge in [0.15, 0.2) is 23.0 Å². The lowest BCUT2D eigenvalue weighted by molar-refractivity contribution is 0.167. The number of benzene rings is 3. The van der Waals surface area contributed by atoms with Crippen LogP contribution in [-0.2, 0) is 12.8 Å². The van der Waals surface area contributed by atoms with E-state index in [9.17, 15) is 0 Å². The number of nitrogens with zero attached hydrogens (tertiary/aromatic N) is 1. The Hall–Kier alpha value is -2.80. The van der Waals surface area contributed by atoms with Gasteiger partial charge in [0.25, 0.3) is 0 Å². The molecule has 0 bridgehead atoms. The highest BCUT2D eigenvalue weighted by molar-refractivity contribution is 6.30. The first-order valence-electron chi connectivity index (χ1n) is 12.1. The molecule has 0 amide bonds. The van der Waals surface area contributed by atoms with Crippen molar-refractivity contribution in [1.82, 2.24) is 4.90 Å². The van der Waals surface area contributed by atoms with E-state index in [1.807, 2.05) is 30.3 Å². The number of halogens is 2. The molecule has 1 atom stereocenters. The topological polar surface area (TPSA) is 49.4 Å². The highest BCUT2D eigenvalue weighted by Crippen LogP contribution is 2.40. The number of hydrogen-bond acceptors (Lipinski definition) is 6. The molecule has 200 valence electrons. The summed E-state index contributed by atoms with van der Waals surface area (Å²) in [5.74, 6) is 3.82. The van der Waals surface area contributed by atoms with Gasteiger partial charge in [0.1, 0.15) is 5.75 Å². The van der Waals surface area contributed by atoms with Gasteiger partial charge in [-0.3, -0.25) is 4.90 Å². The molecule has 0 aromatic heterocycles. The summed E-state index contributed by atoms with van der Waals surface area (Å²) in [6.45, 7) is 2.51. The summed E-state index contributed by atoms with van der Waals surface area (Å²) in [6.07, 6.45) is 2.70. The largest absolute Gasteiger partial charge is 0.494 e. The molecule has 1 aliphatic heterocycles. The fraction of sp³-hybridized carbons (Fsp3) is 0.379. The van der Waals surface area contributed by atoms with Crippen LogP contribution in [0.3, 0.4) is 0 Å². The summed E-state index contributed by atoms with van der Waals surface area (Å²) < 4.78 is 28.2. The van der Waals surface area contributed by atoms with Crippen molar-refractivity contribution in [2.75, 3.05) is 48.1 Å².